The lowest BCUT2D eigenvalue weighted by atomic mass is 10.1. The Balaban J connectivity index is 2.50. The SMILES string of the molecule is COc1cccc(CCC(=O)NCC(=O)NC(C)(C)C)c1OC. The first kappa shape index (κ1) is 18.8. The van der Waals surface area contributed by atoms with Crippen molar-refractivity contribution in [2.75, 3.05) is 20.8 Å². The Kier molecular flexibility index (Phi) is 6.88. The minimum absolute atomic E-state index is 0.0225. The third kappa shape index (κ3) is 6.59. The van der Waals surface area contributed by atoms with Crippen molar-refractivity contribution in [3.05, 3.63) is 23.8 Å². The summed E-state index contributed by atoms with van der Waals surface area (Å²) in [6.07, 6.45) is 0.777. The smallest absolute Gasteiger partial charge is 0.239 e. The maximum atomic E-state index is 11.9. The molecule has 23 heavy (non-hydrogen) atoms. The minimum Gasteiger partial charge on any atom is -0.493 e. The lowest BCUT2D eigenvalue weighted by molar-refractivity contribution is -0.126. The molecule has 0 saturated carbocycles. The van der Waals surface area contributed by atoms with Crippen molar-refractivity contribution in [3.63, 3.8) is 0 Å². The van der Waals surface area contributed by atoms with Gasteiger partial charge in [-0.3, -0.25) is 9.59 Å². The summed E-state index contributed by atoms with van der Waals surface area (Å²) in [6.45, 7) is 5.65. The Morgan fingerprint density at radius 3 is 2.35 bits per heavy atom. The van der Waals surface area contributed by atoms with Crippen LogP contribution in [0.1, 0.15) is 32.8 Å². The average Bonchev–Trinajstić information content (AvgIpc) is 2.48. The molecule has 1 aromatic carbocycles. The van der Waals surface area contributed by atoms with E-state index in [1.165, 1.54) is 0 Å². The minimum atomic E-state index is -0.310. The van der Waals surface area contributed by atoms with Crippen LogP contribution in [0.25, 0.3) is 0 Å². The Hall–Kier alpha value is -2.24. The summed E-state index contributed by atoms with van der Waals surface area (Å²) in [5, 5.41) is 5.41. The van der Waals surface area contributed by atoms with Crippen molar-refractivity contribution in [1.82, 2.24) is 10.6 Å². The van der Waals surface area contributed by atoms with E-state index in [0.717, 1.165) is 5.56 Å². The second-order valence-electron chi connectivity index (χ2n) is 6.23. The highest BCUT2D eigenvalue weighted by Gasteiger charge is 2.15. The number of hydrogen-bond donors (Lipinski definition) is 2. The standard InChI is InChI=1S/C17H26N2O4/c1-17(2,3)19-15(21)11-18-14(20)10-9-12-7-6-8-13(22-4)16(12)23-5/h6-8H,9-11H2,1-5H3,(H,18,20)(H,19,21). The van der Waals surface area contributed by atoms with Crippen molar-refractivity contribution in [2.45, 2.75) is 39.2 Å². The highest BCUT2D eigenvalue weighted by atomic mass is 16.5. The fourth-order valence-corrected chi connectivity index (χ4v) is 2.13. The van der Waals surface area contributed by atoms with Crippen molar-refractivity contribution in [2.24, 2.45) is 0 Å². The molecule has 1 aromatic rings. The van der Waals surface area contributed by atoms with Crippen molar-refractivity contribution < 1.29 is 19.1 Å². The van der Waals surface area contributed by atoms with E-state index in [1.54, 1.807) is 20.3 Å². The highest BCUT2D eigenvalue weighted by molar-refractivity contribution is 5.85. The van der Waals surface area contributed by atoms with Gasteiger partial charge in [-0.2, -0.15) is 0 Å². The Bertz CT molecular complexity index is 550. The normalized spacial score (nSPS) is 10.8. The lowest BCUT2D eigenvalue weighted by Gasteiger charge is -2.20. The number of methoxy groups -OCH3 is 2. The van der Waals surface area contributed by atoms with Gasteiger partial charge in [0, 0.05) is 12.0 Å². The molecule has 128 valence electrons. The van der Waals surface area contributed by atoms with Crippen LogP contribution in [0.15, 0.2) is 18.2 Å². The number of nitrogens with one attached hydrogen (secondary N) is 2. The molecular weight excluding hydrogens is 296 g/mol. The van der Waals surface area contributed by atoms with E-state index in [0.29, 0.717) is 17.9 Å². The molecule has 0 aromatic heterocycles. The molecule has 0 aliphatic carbocycles. The number of amides is 2. The molecule has 0 radical (unpaired) electrons. The summed E-state index contributed by atoms with van der Waals surface area (Å²) < 4.78 is 10.6. The van der Waals surface area contributed by atoms with Crippen LogP contribution in [0.5, 0.6) is 11.5 Å². The number of rotatable bonds is 7. The molecule has 1 rings (SSSR count). The zero-order chi connectivity index (χ0) is 17.5. The molecule has 0 heterocycles. The Morgan fingerprint density at radius 1 is 1.09 bits per heavy atom. The van der Waals surface area contributed by atoms with Gasteiger partial charge in [-0.1, -0.05) is 12.1 Å². The molecule has 2 amide bonds. The molecule has 0 bridgehead atoms. The molecular formula is C17H26N2O4. The van der Waals surface area contributed by atoms with Gasteiger partial charge in [-0.25, -0.2) is 0 Å². The third-order valence-corrected chi connectivity index (χ3v) is 3.07. The second kappa shape index (κ2) is 8.41. The van der Waals surface area contributed by atoms with Crippen LogP contribution in [0.4, 0.5) is 0 Å². The van der Waals surface area contributed by atoms with Crippen LogP contribution < -0.4 is 20.1 Å². The van der Waals surface area contributed by atoms with Crippen molar-refractivity contribution in [3.8, 4) is 11.5 Å². The van der Waals surface area contributed by atoms with E-state index >= 15 is 0 Å². The van der Waals surface area contributed by atoms with Gasteiger partial charge in [0.05, 0.1) is 20.8 Å². The number of benzene rings is 1. The summed E-state index contributed by atoms with van der Waals surface area (Å²) in [4.78, 5) is 23.5. The van der Waals surface area contributed by atoms with Gasteiger partial charge in [0.2, 0.25) is 11.8 Å². The summed E-state index contributed by atoms with van der Waals surface area (Å²) >= 11 is 0. The zero-order valence-corrected chi connectivity index (χ0v) is 14.5. The van der Waals surface area contributed by atoms with E-state index in [4.69, 9.17) is 9.47 Å². The third-order valence-electron chi connectivity index (χ3n) is 3.07. The van der Waals surface area contributed by atoms with Crippen LogP contribution in [0, 0.1) is 0 Å². The van der Waals surface area contributed by atoms with Crippen LogP contribution in [0.2, 0.25) is 0 Å². The zero-order valence-electron chi connectivity index (χ0n) is 14.5. The van der Waals surface area contributed by atoms with Crippen molar-refractivity contribution in [1.29, 1.82) is 0 Å². The number of hydrogen-bond acceptors (Lipinski definition) is 4. The molecule has 0 atom stereocenters. The monoisotopic (exact) mass is 322 g/mol. The number of aryl methyl sites for hydroxylation is 1. The summed E-state index contributed by atoms with van der Waals surface area (Å²) in [5.41, 5.74) is 0.580. The fourth-order valence-electron chi connectivity index (χ4n) is 2.13. The van der Waals surface area contributed by atoms with Gasteiger partial charge >= 0.3 is 0 Å². The van der Waals surface area contributed by atoms with Gasteiger partial charge in [0.15, 0.2) is 11.5 Å². The quantitative estimate of drug-likeness (QED) is 0.800. The highest BCUT2D eigenvalue weighted by Crippen LogP contribution is 2.31. The molecule has 0 saturated heterocycles. The first-order chi connectivity index (χ1) is 10.8. The first-order valence-electron chi connectivity index (χ1n) is 7.54. The Morgan fingerprint density at radius 2 is 1.78 bits per heavy atom. The van der Waals surface area contributed by atoms with Gasteiger partial charge in [-0.15, -0.1) is 0 Å². The Labute approximate surface area is 137 Å². The second-order valence-corrected chi connectivity index (χ2v) is 6.23. The molecule has 2 N–H and O–H groups in total. The predicted octanol–water partition coefficient (Wildman–Crippen LogP) is 1.67. The number of para-hydroxylation sites is 1. The maximum absolute atomic E-state index is 11.9. The summed E-state index contributed by atoms with van der Waals surface area (Å²) in [7, 11) is 3.14. The number of carbonyl (C=O) groups is 2. The summed E-state index contributed by atoms with van der Waals surface area (Å²) in [6, 6.07) is 5.55. The van der Waals surface area contributed by atoms with Gasteiger partial charge < -0.3 is 20.1 Å². The molecule has 6 heteroatoms. The average molecular weight is 322 g/mol. The van der Waals surface area contributed by atoms with Crippen LogP contribution in [-0.2, 0) is 16.0 Å². The van der Waals surface area contributed by atoms with Gasteiger partial charge in [0.25, 0.3) is 0 Å². The van der Waals surface area contributed by atoms with E-state index in [-0.39, 0.29) is 30.3 Å². The predicted molar refractivity (Wildman–Crippen MR) is 88.8 cm³/mol. The molecule has 0 aliphatic rings. The van der Waals surface area contributed by atoms with E-state index in [1.807, 2.05) is 32.9 Å². The van der Waals surface area contributed by atoms with Gasteiger partial charge in [0.1, 0.15) is 0 Å². The van der Waals surface area contributed by atoms with Gasteiger partial charge in [-0.05, 0) is 38.8 Å². The maximum Gasteiger partial charge on any atom is 0.239 e. The topological polar surface area (TPSA) is 76.7 Å². The van der Waals surface area contributed by atoms with E-state index < -0.39 is 0 Å². The van der Waals surface area contributed by atoms with E-state index in [9.17, 15) is 9.59 Å². The molecule has 0 fully saturated rings. The summed E-state index contributed by atoms with van der Waals surface area (Å²) in [5.74, 6) is 0.881. The molecule has 0 unspecified atom stereocenters. The fraction of sp³-hybridized carbons (Fsp3) is 0.529. The molecule has 0 spiro atoms. The van der Waals surface area contributed by atoms with Crippen molar-refractivity contribution >= 4 is 11.8 Å². The lowest BCUT2D eigenvalue weighted by Crippen LogP contribution is -2.45. The number of carbonyl (C=O) groups excluding carboxylic acids is 2. The molecule has 0 aliphatic heterocycles. The molecule has 6 nitrogen and oxygen atoms in total. The van der Waals surface area contributed by atoms with Crippen LogP contribution in [-0.4, -0.2) is 38.1 Å². The number of ether oxygens (including phenoxy) is 2. The van der Waals surface area contributed by atoms with Crippen LogP contribution in [0.3, 0.4) is 0 Å². The van der Waals surface area contributed by atoms with Crippen LogP contribution >= 0.6 is 0 Å². The largest absolute Gasteiger partial charge is 0.493 e. The van der Waals surface area contributed by atoms with E-state index in [2.05, 4.69) is 10.6 Å². The first-order valence-corrected chi connectivity index (χ1v) is 7.54.